The van der Waals surface area contributed by atoms with Gasteiger partial charge in [0, 0.05) is 49.9 Å². The number of benzene rings is 2. The third-order valence-corrected chi connectivity index (χ3v) is 11.5. The van der Waals surface area contributed by atoms with Crippen LogP contribution in [0.1, 0.15) is 75.5 Å². The van der Waals surface area contributed by atoms with Crippen LogP contribution in [0.3, 0.4) is 0 Å². The highest BCUT2D eigenvalue weighted by atomic mass is 19.3. The highest BCUT2D eigenvalue weighted by Gasteiger charge is 2.39. The Hall–Kier alpha value is -7.43. The minimum Gasteiger partial charge on any atom is -0.487 e. The number of halogens is 2. The standard InChI is InChI=1S/C46H48F2N12O8/c47-42(48)41-36(52-43(62)37-27-68-45(53-37)30-11-12-50-39(20-30)51-22-29-1-2-29)25-60(56-41)33-5-3-28(4-6-33)21-49-13-15-65-17-18-66-16-14-58-24-32(55-57-58)26-67-34-7-8-35-31(19-34)23-59(46(35)64)38-9-10-40(61)54-44(38)63/h3-8,11-12,19-20,24-25,27,29,38,42,49H,1-2,9-10,13-18,21-23,26H2,(H,50,51)(H,52,62)(H,54,61,63). The molecule has 354 valence electrons. The molecule has 3 aliphatic rings. The molecule has 1 saturated carbocycles. The molecule has 4 aromatic heterocycles. The van der Waals surface area contributed by atoms with Gasteiger partial charge in [0.2, 0.25) is 17.7 Å². The molecule has 4 amide bonds. The van der Waals surface area contributed by atoms with E-state index in [0.29, 0.717) is 92.5 Å². The number of amides is 4. The molecule has 22 heteroatoms. The van der Waals surface area contributed by atoms with Crippen molar-refractivity contribution in [2.24, 2.45) is 5.92 Å². The number of carbonyl (C=O) groups excluding carboxylic acids is 4. The molecule has 20 nitrogen and oxygen atoms in total. The average Bonchev–Trinajstić information content (AvgIpc) is 3.65. The van der Waals surface area contributed by atoms with Gasteiger partial charge < -0.3 is 39.5 Å². The van der Waals surface area contributed by atoms with E-state index in [1.807, 2.05) is 12.1 Å². The third-order valence-electron chi connectivity index (χ3n) is 11.5. The van der Waals surface area contributed by atoms with Crippen molar-refractivity contribution >= 4 is 35.1 Å². The molecule has 1 atom stereocenters. The quantitative estimate of drug-likeness (QED) is 0.0504. The van der Waals surface area contributed by atoms with Gasteiger partial charge in [0.25, 0.3) is 18.2 Å². The van der Waals surface area contributed by atoms with Crippen LogP contribution in [0.25, 0.3) is 17.1 Å². The van der Waals surface area contributed by atoms with Crippen molar-refractivity contribution in [1.29, 1.82) is 0 Å². The zero-order valence-electron chi connectivity index (χ0n) is 36.7. The first kappa shape index (κ1) is 45.7. The van der Waals surface area contributed by atoms with E-state index in [-0.39, 0.29) is 48.7 Å². The molecule has 0 bridgehead atoms. The second-order valence-electron chi connectivity index (χ2n) is 16.5. The fourth-order valence-electron chi connectivity index (χ4n) is 7.64. The number of imide groups is 1. The number of piperidine rings is 1. The summed E-state index contributed by atoms with van der Waals surface area (Å²) >= 11 is 0. The van der Waals surface area contributed by atoms with E-state index in [1.165, 1.54) is 34.9 Å². The van der Waals surface area contributed by atoms with Crippen LogP contribution < -0.4 is 26.0 Å². The zero-order valence-corrected chi connectivity index (χ0v) is 36.7. The van der Waals surface area contributed by atoms with Crippen LogP contribution in [-0.2, 0) is 45.3 Å². The fraction of sp³-hybridized carbons (Fsp3) is 0.370. The van der Waals surface area contributed by atoms with E-state index in [1.54, 1.807) is 59.5 Å². The van der Waals surface area contributed by atoms with Gasteiger partial charge in [-0.3, -0.25) is 24.5 Å². The summed E-state index contributed by atoms with van der Waals surface area (Å²) in [5.41, 5.74) is 3.17. The number of carbonyl (C=O) groups is 4. The maximum atomic E-state index is 14.0. The maximum absolute atomic E-state index is 14.0. The van der Waals surface area contributed by atoms with E-state index >= 15 is 0 Å². The predicted molar refractivity (Wildman–Crippen MR) is 238 cm³/mol. The lowest BCUT2D eigenvalue weighted by Crippen LogP contribution is -2.52. The number of rotatable bonds is 23. The van der Waals surface area contributed by atoms with Crippen LogP contribution in [0, 0.1) is 5.92 Å². The minimum absolute atomic E-state index is 0.0766. The summed E-state index contributed by atoms with van der Waals surface area (Å²) in [5, 5.41) is 23.8. The number of nitrogens with one attached hydrogen (secondary N) is 4. The highest BCUT2D eigenvalue weighted by Crippen LogP contribution is 2.32. The Morgan fingerprint density at radius 2 is 1.81 bits per heavy atom. The SMILES string of the molecule is O=C1CCC(N2Cc3cc(OCc4cn(CCOCCOCCNCc5ccc(-n6cc(NC(=O)c7coc(-c8ccnc(NCC9CC9)c8)n7)c(C(F)F)n6)cc5)nn4)ccc3C2=O)C(=O)N1. The van der Waals surface area contributed by atoms with Crippen molar-refractivity contribution in [3.05, 3.63) is 113 Å². The number of anilines is 2. The summed E-state index contributed by atoms with van der Waals surface area (Å²) < 4.78 is 53.9. The molecule has 2 aliphatic heterocycles. The monoisotopic (exact) mass is 934 g/mol. The molecule has 2 fully saturated rings. The molecule has 1 aliphatic carbocycles. The summed E-state index contributed by atoms with van der Waals surface area (Å²) in [6.07, 6.45) is 5.85. The molecule has 68 heavy (non-hydrogen) atoms. The van der Waals surface area contributed by atoms with Gasteiger partial charge in [-0.2, -0.15) is 5.10 Å². The van der Waals surface area contributed by atoms with Gasteiger partial charge in [0.1, 0.15) is 36.2 Å². The third kappa shape index (κ3) is 11.4. The molecular formula is C46H48F2N12O8. The number of ether oxygens (including phenoxy) is 3. The lowest BCUT2D eigenvalue weighted by molar-refractivity contribution is -0.136. The van der Waals surface area contributed by atoms with Gasteiger partial charge in [0.15, 0.2) is 11.4 Å². The Balaban J connectivity index is 0.642. The van der Waals surface area contributed by atoms with Gasteiger partial charge >= 0.3 is 0 Å². The number of alkyl halides is 2. The number of nitrogens with zero attached hydrogens (tertiary/aromatic N) is 8. The number of hydrogen-bond acceptors (Lipinski definition) is 15. The minimum atomic E-state index is -2.94. The van der Waals surface area contributed by atoms with Gasteiger partial charge in [0.05, 0.1) is 56.7 Å². The topological polar surface area (TPSA) is 235 Å². The normalized spacial score (nSPS) is 15.8. The maximum Gasteiger partial charge on any atom is 0.284 e. The largest absolute Gasteiger partial charge is 0.487 e. The van der Waals surface area contributed by atoms with E-state index in [0.717, 1.165) is 17.7 Å². The van der Waals surface area contributed by atoms with E-state index in [2.05, 4.69) is 46.6 Å². The number of aromatic nitrogens is 7. The van der Waals surface area contributed by atoms with Gasteiger partial charge in [-0.25, -0.2) is 28.1 Å². The predicted octanol–water partition coefficient (Wildman–Crippen LogP) is 4.69. The van der Waals surface area contributed by atoms with Gasteiger partial charge in [-0.05, 0) is 78.8 Å². The Labute approximate surface area is 387 Å². The Morgan fingerprint density at radius 3 is 2.62 bits per heavy atom. The van der Waals surface area contributed by atoms with E-state index < -0.39 is 30.0 Å². The van der Waals surface area contributed by atoms with Crippen molar-refractivity contribution in [3.8, 4) is 22.9 Å². The molecule has 0 spiro atoms. The summed E-state index contributed by atoms with van der Waals surface area (Å²) in [6.45, 7) is 4.53. The second kappa shape index (κ2) is 21.0. The first-order valence-electron chi connectivity index (χ1n) is 22.2. The molecule has 6 heterocycles. The van der Waals surface area contributed by atoms with Crippen LogP contribution in [-0.4, -0.2) is 109 Å². The average molecular weight is 935 g/mol. The number of oxazole rings is 1. The first-order chi connectivity index (χ1) is 33.1. The van der Waals surface area contributed by atoms with Crippen LogP contribution in [0.4, 0.5) is 20.3 Å². The highest BCUT2D eigenvalue weighted by molar-refractivity contribution is 6.05. The smallest absolute Gasteiger partial charge is 0.284 e. The fourth-order valence-corrected chi connectivity index (χ4v) is 7.64. The van der Waals surface area contributed by atoms with Crippen LogP contribution in [0.15, 0.2) is 83.9 Å². The number of fused-ring (bicyclic) bond motifs is 1. The van der Waals surface area contributed by atoms with Crippen LogP contribution in [0.5, 0.6) is 5.75 Å². The van der Waals surface area contributed by atoms with Crippen molar-refractivity contribution in [3.63, 3.8) is 0 Å². The van der Waals surface area contributed by atoms with E-state index in [4.69, 9.17) is 18.6 Å². The molecule has 4 N–H and O–H groups in total. The van der Waals surface area contributed by atoms with Gasteiger partial charge in [-0.15, -0.1) is 5.10 Å². The summed E-state index contributed by atoms with van der Waals surface area (Å²) in [5.74, 6) is 0.329. The zero-order chi connectivity index (χ0) is 47.0. The molecule has 2 aromatic carbocycles. The molecule has 0 radical (unpaired) electrons. The molecule has 6 aromatic rings. The molecule has 9 rings (SSSR count). The number of hydrogen-bond donors (Lipinski definition) is 4. The molecular weight excluding hydrogens is 887 g/mol. The van der Waals surface area contributed by atoms with Crippen molar-refractivity contribution in [2.45, 2.75) is 64.4 Å². The van der Waals surface area contributed by atoms with Crippen molar-refractivity contribution in [1.82, 2.24) is 50.3 Å². The Bertz CT molecular complexity index is 2760. The Morgan fingerprint density at radius 1 is 0.971 bits per heavy atom. The summed E-state index contributed by atoms with van der Waals surface area (Å²) in [6, 6.07) is 15.2. The summed E-state index contributed by atoms with van der Waals surface area (Å²) in [7, 11) is 0. The Kier molecular flexibility index (Phi) is 14.1. The molecule has 1 saturated heterocycles. The van der Waals surface area contributed by atoms with Crippen LogP contribution in [0.2, 0.25) is 0 Å². The van der Waals surface area contributed by atoms with E-state index in [9.17, 15) is 28.0 Å². The lowest BCUT2D eigenvalue weighted by Gasteiger charge is -2.29. The van der Waals surface area contributed by atoms with Crippen LogP contribution >= 0.6 is 0 Å². The lowest BCUT2D eigenvalue weighted by atomic mass is 10.0. The summed E-state index contributed by atoms with van der Waals surface area (Å²) in [4.78, 5) is 60.0. The molecule has 1 unspecified atom stereocenters. The van der Waals surface area contributed by atoms with Crippen molar-refractivity contribution < 1.29 is 46.6 Å². The number of pyridine rings is 1. The second-order valence-corrected chi connectivity index (χ2v) is 16.5. The van der Waals surface area contributed by atoms with Gasteiger partial charge in [-0.1, -0.05) is 17.3 Å². The first-order valence-corrected chi connectivity index (χ1v) is 22.2. The van der Waals surface area contributed by atoms with Crippen molar-refractivity contribution in [2.75, 3.05) is 50.2 Å².